The van der Waals surface area contributed by atoms with Crippen LogP contribution in [0.5, 0.6) is 5.75 Å². The molecule has 0 atom stereocenters. The number of esters is 1. The molecular weight excluding hydrogens is 431 g/mol. The van der Waals surface area contributed by atoms with Gasteiger partial charge >= 0.3 is 5.97 Å². The van der Waals surface area contributed by atoms with Crippen molar-refractivity contribution in [1.82, 2.24) is 4.31 Å². The van der Waals surface area contributed by atoms with Gasteiger partial charge in [-0.15, -0.1) is 0 Å². The average molecular weight is 452 g/mol. The van der Waals surface area contributed by atoms with Gasteiger partial charge in [0, 0.05) is 13.1 Å². The highest BCUT2D eigenvalue weighted by Crippen LogP contribution is 2.25. The number of carbonyl (C=O) groups excluding carboxylic acids is 2. The molecule has 1 amide bonds. The largest absolute Gasteiger partial charge is 0.497 e. The monoisotopic (exact) mass is 452 g/mol. The van der Waals surface area contributed by atoms with Crippen LogP contribution >= 0.6 is 0 Å². The molecule has 1 aliphatic heterocycles. The van der Waals surface area contributed by atoms with E-state index in [1.807, 2.05) is 0 Å². The van der Waals surface area contributed by atoms with Crippen molar-refractivity contribution in [2.24, 2.45) is 0 Å². The first-order valence-corrected chi connectivity index (χ1v) is 10.7. The summed E-state index contributed by atoms with van der Waals surface area (Å²) in [7, 11) is -1.35. The van der Waals surface area contributed by atoms with E-state index in [2.05, 4.69) is 5.32 Å². The highest BCUT2D eigenvalue weighted by atomic mass is 32.2. The molecule has 0 bridgehead atoms. The Balaban J connectivity index is 1.92. The lowest BCUT2D eigenvalue weighted by atomic mass is 10.1. The van der Waals surface area contributed by atoms with Gasteiger partial charge in [-0.3, -0.25) is 4.79 Å². The van der Waals surface area contributed by atoms with E-state index in [-0.39, 0.29) is 42.4 Å². The number of ether oxygens (including phenoxy) is 3. The predicted octanol–water partition coefficient (Wildman–Crippen LogP) is 1.89. The Labute approximate surface area is 178 Å². The first-order valence-electron chi connectivity index (χ1n) is 9.23. The van der Waals surface area contributed by atoms with Crippen molar-refractivity contribution in [3.63, 3.8) is 0 Å². The highest BCUT2D eigenvalue weighted by Gasteiger charge is 2.28. The van der Waals surface area contributed by atoms with Crippen molar-refractivity contribution in [3.05, 3.63) is 53.3 Å². The third kappa shape index (κ3) is 4.84. The number of amides is 1. The Bertz CT molecular complexity index is 1100. The molecule has 0 aliphatic carbocycles. The Kier molecular flexibility index (Phi) is 6.88. The van der Waals surface area contributed by atoms with Gasteiger partial charge in [0.2, 0.25) is 10.0 Å². The molecule has 0 saturated carbocycles. The summed E-state index contributed by atoms with van der Waals surface area (Å²) >= 11 is 0. The molecule has 11 heteroatoms. The summed E-state index contributed by atoms with van der Waals surface area (Å²) in [6.45, 7) is 0.828. The van der Waals surface area contributed by atoms with Crippen molar-refractivity contribution in [2.45, 2.75) is 4.90 Å². The number of carbonyl (C=O) groups is 2. The average Bonchev–Trinajstić information content (AvgIpc) is 2.79. The fourth-order valence-corrected chi connectivity index (χ4v) is 4.44. The van der Waals surface area contributed by atoms with Gasteiger partial charge in [-0.05, 0) is 36.4 Å². The Morgan fingerprint density at radius 3 is 2.42 bits per heavy atom. The molecule has 3 rings (SSSR count). The van der Waals surface area contributed by atoms with Gasteiger partial charge in [0.1, 0.15) is 11.6 Å². The van der Waals surface area contributed by atoms with Gasteiger partial charge in [0.15, 0.2) is 0 Å². The second kappa shape index (κ2) is 9.41. The van der Waals surface area contributed by atoms with E-state index in [0.29, 0.717) is 5.75 Å². The first-order chi connectivity index (χ1) is 14.8. The lowest BCUT2D eigenvalue weighted by molar-refractivity contribution is 0.0601. The minimum absolute atomic E-state index is 0.00676. The summed E-state index contributed by atoms with van der Waals surface area (Å²) in [4.78, 5) is 24.6. The smallest absolute Gasteiger partial charge is 0.340 e. The third-order valence-corrected chi connectivity index (χ3v) is 6.57. The molecule has 1 saturated heterocycles. The van der Waals surface area contributed by atoms with E-state index in [0.717, 1.165) is 18.2 Å². The number of halogens is 1. The van der Waals surface area contributed by atoms with Gasteiger partial charge in [-0.1, -0.05) is 0 Å². The maximum absolute atomic E-state index is 14.4. The van der Waals surface area contributed by atoms with Crippen LogP contribution in [0.1, 0.15) is 20.7 Å². The van der Waals surface area contributed by atoms with Crippen molar-refractivity contribution in [2.75, 3.05) is 45.8 Å². The summed E-state index contributed by atoms with van der Waals surface area (Å²) < 4.78 is 56.2. The zero-order valence-electron chi connectivity index (χ0n) is 16.9. The number of nitrogens with one attached hydrogen (secondary N) is 1. The number of nitrogens with zero attached hydrogens (tertiary/aromatic N) is 1. The minimum Gasteiger partial charge on any atom is -0.497 e. The minimum atomic E-state index is -3.93. The number of morpholine rings is 1. The van der Waals surface area contributed by atoms with E-state index < -0.39 is 33.3 Å². The Hall–Kier alpha value is -3.02. The summed E-state index contributed by atoms with van der Waals surface area (Å²) in [5, 5.41) is 2.43. The molecule has 2 aromatic rings. The van der Waals surface area contributed by atoms with E-state index in [1.165, 1.54) is 36.7 Å². The normalized spacial score (nSPS) is 14.7. The van der Waals surface area contributed by atoms with E-state index in [4.69, 9.17) is 14.2 Å². The Morgan fingerprint density at radius 1 is 1.06 bits per heavy atom. The quantitative estimate of drug-likeness (QED) is 0.667. The van der Waals surface area contributed by atoms with E-state index >= 15 is 0 Å². The molecule has 166 valence electrons. The van der Waals surface area contributed by atoms with Gasteiger partial charge in [0.25, 0.3) is 5.91 Å². The van der Waals surface area contributed by atoms with Crippen LogP contribution in [0.3, 0.4) is 0 Å². The van der Waals surface area contributed by atoms with Gasteiger partial charge in [-0.25, -0.2) is 17.6 Å². The lowest BCUT2D eigenvalue weighted by Crippen LogP contribution is -2.40. The Morgan fingerprint density at radius 2 is 1.77 bits per heavy atom. The van der Waals surface area contributed by atoms with E-state index in [9.17, 15) is 22.4 Å². The second-order valence-electron chi connectivity index (χ2n) is 6.52. The molecule has 1 aliphatic rings. The molecule has 0 spiro atoms. The fraction of sp³-hybridized carbons (Fsp3) is 0.300. The molecule has 2 aromatic carbocycles. The highest BCUT2D eigenvalue weighted by molar-refractivity contribution is 7.89. The molecule has 1 N–H and O–H groups in total. The molecule has 9 nitrogen and oxygen atoms in total. The maximum Gasteiger partial charge on any atom is 0.340 e. The van der Waals surface area contributed by atoms with Crippen LogP contribution in [-0.4, -0.2) is 65.1 Å². The zero-order valence-corrected chi connectivity index (χ0v) is 17.7. The maximum atomic E-state index is 14.4. The topological polar surface area (TPSA) is 111 Å². The van der Waals surface area contributed by atoms with Crippen LogP contribution < -0.4 is 10.1 Å². The van der Waals surface area contributed by atoms with Gasteiger partial charge in [-0.2, -0.15) is 4.31 Å². The SMILES string of the molecule is COC(=O)c1cc(OC)ccc1NC(=O)c1cc(S(=O)(=O)N2CCOCC2)ccc1F. The van der Waals surface area contributed by atoms with Crippen LogP contribution in [0.15, 0.2) is 41.3 Å². The fourth-order valence-electron chi connectivity index (χ4n) is 3.00. The lowest BCUT2D eigenvalue weighted by Gasteiger charge is -2.26. The van der Waals surface area contributed by atoms with Crippen molar-refractivity contribution >= 4 is 27.6 Å². The van der Waals surface area contributed by atoms with Crippen LogP contribution in [0, 0.1) is 5.82 Å². The number of hydrogen-bond acceptors (Lipinski definition) is 7. The summed E-state index contributed by atoms with van der Waals surface area (Å²) in [6, 6.07) is 7.24. The molecule has 1 fully saturated rings. The van der Waals surface area contributed by atoms with Crippen LogP contribution in [-0.2, 0) is 19.5 Å². The molecule has 0 aromatic heterocycles. The van der Waals surface area contributed by atoms with Crippen LogP contribution in [0.25, 0.3) is 0 Å². The van der Waals surface area contributed by atoms with Gasteiger partial charge < -0.3 is 19.5 Å². The number of sulfonamides is 1. The summed E-state index contributed by atoms with van der Waals surface area (Å²) in [5.41, 5.74) is -0.438. The number of hydrogen-bond donors (Lipinski definition) is 1. The molecule has 1 heterocycles. The number of benzene rings is 2. The van der Waals surface area contributed by atoms with Crippen LogP contribution in [0.4, 0.5) is 10.1 Å². The second-order valence-corrected chi connectivity index (χ2v) is 8.45. The number of methoxy groups -OCH3 is 2. The molecule has 0 unspecified atom stereocenters. The van der Waals surface area contributed by atoms with Gasteiger partial charge in [0.05, 0.1) is 49.1 Å². The number of rotatable bonds is 6. The number of anilines is 1. The molecule has 31 heavy (non-hydrogen) atoms. The standard InChI is InChI=1S/C20H21FN2O7S/c1-28-13-3-6-18(16(11-13)20(25)29-2)22-19(24)15-12-14(4-5-17(15)21)31(26,27)23-7-9-30-10-8-23/h3-6,11-12H,7-10H2,1-2H3,(H,22,24). The van der Waals surface area contributed by atoms with Crippen molar-refractivity contribution in [3.8, 4) is 5.75 Å². The van der Waals surface area contributed by atoms with E-state index in [1.54, 1.807) is 0 Å². The first kappa shape index (κ1) is 22.7. The van der Waals surface area contributed by atoms with Crippen LogP contribution in [0.2, 0.25) is 0 Å². The molecule has 0 radical (unpaired) electrons. The zero-order chi connectivity index (χ0) is 22.6. The van der Waals surface area contributed by atoms with Crippen molar-refractivity contribution in [1.29, 1.82) is 0 Å². The molecular formula is C20H21FN2O7S. The third-order valence-electron chi connectivity index (χ3n) is 4.67. The van der Waals surface area contributed by atoms with Crippen molar-refractivity contribution < 1.29 is 36.6 Å². The summed E-state index contributed by atoms with van der Waals surface area (Å²) in [5.74, 6) is -2.22. The summed E-state index contributed by atoms with van der Waals surface area (Å²) in [6.07, 6.45) is 0. The predicted molar refractivity (Wildman–Crippen MR) is 108 cm³/mol.